The van der Waals surface area contributed by atoms with Crippen LogP contribution in [0.15, 0.2) is 47.4 Å². The minimum absolute atomic E-state index is 0.0159. The molecule has 33 heavy (non-hydrogen) atoms. The first-order chi connectivity index (χ1) is 15.6. The first kappa shape index (κ1) is 22.5. The van der Waals surface area contributed by atoms with Crippen molar-refractivity contribution in [2.24, 2.45) is 0 Å². The Balaban J connectivity index is 1.41. The number of sulfonamides is 1. The van der Waals surface area contributed by atoms with Gasteiger partial charge in [-0.3, -0.25) is 29.4 Å². The summed E-state index contributed by atoms with van der Waals surface area (Å²) >= 11 is 0. The maximum absolute atomic E-state index is 13.4. The van der Waals surface area contributed by atoms with Crippen molar-refractivity contribution in [3.63, 3.8) is 0 Å². The topological polar surface area (TPSA) is 138 Å². The predicted molar refractivity (Wildman–Crippen MR) is 110 cm³/mol. The second-order valence-corrected chi connectivity index (χ2v) is 9.36. The molecule has 2 heterocycles. The van der Waals surface area contributed by atoms with Crippen LogP contribution in [0.2, 0.25) is 0 Å². The van der Waals surface area contributed by atoms with Crippen LogP contribution in [0.1, 0.15) is 20.7 Å². The number of amides is 3. The largest absolute Gasteiger partial charge is 0.338 e. The number of imide groups is 1. The molecule has 2 aliphatic rings. The van der Waals surface area contributed by atoms with Crippen molar-refractivity contribution in [3.05, 3.63) is 69.5 Å². The van der Waals surface area contributed by atoms with Gasteiger partial charge >= 0.3 is 0 Å². The number of hydrogen-bond donors (Lipinski definition) is 0. The number of fused-ring (bicyclic) bond motifs is 1. The highest BCUT2D eigenvalue weighted by atomic mass is 32.2. The van der Waals surface area contributed by atoms with Crippen molar-refractivity contribution in [1.29, 1.82) is 0 Å². The number of carbonyl (C=O) groups excluding carboxylic acids is 3. The SMILES string of the molecule is O=C(CN1C(=O)c2ccc([N+](=O)[O-])cc2C1=O)N1CCN(S(=O)(=O)c2cccc(F)c2)CC1. The van der Waals surface area contributed by atoms with Crippen molar-refractivity contribution < 1.29 is 32.1 Å². The van der Waals surface area contributed by atoms with Crippen LogP contribution in [-0.4, -0.2) is 77.9 Å². The molecule has 0 aromatic heterocycles. The minimum Gasteiger partial charge on any atom is -0.338 e. The van der Waals surface area contributed by atoms with Gasteiger partial charge in [0.05, 0.1) is 20.9 Å². The summed E-state index contributed by atoms with van der Waals surface area (Å²) in [5.74, 6) is -2.79. The number of non-ortho nitro benzene ring substituents is 1. The Morgan fingerprint density at radius 2 is 1.67 bits per heavy atom. The number of nitro groups is 1. The third-order valence-corrected chi connectivity index (χ3v) is 7.38. The molecule has 2 aliphatic heterocycles. The van der Waals surface area contributed by atoms with Crippen LogP contribution in [0.4, 0.5) is 10.1 Å². The van der Waals surface area contributed by atoms with E-state index in [9.17, 15) is 37.3 Å². The predicted octanol–water partition coefficient (Wildman–Crippen LogP) is 0.863. The molecule has 172 valence electrons. The van der Waals surface area contributed by atoms with E-state index < -0.39 is 45.0 Å². The van der Waals surface area contributed by atoms with Crippen molar-refractivity contribution in [2.75, 3.05) is 32.7 Å². The number of hydrogen-bond acceptors (Lipinski definition) is 7. The molecule has 1 saturated heterocycles. The van der Waals surface area contributed by atoms with E-state index in [1.165, 1.54) is 23.1 Å². The van der Waals surface area contributed by atoms with Crippen molar-refractivity contribution >= 4 is 33.4 Å². The van der Waals surface area contributed by atoms with Crippen LogP contribution in [0.3, 0.4) is 0 Å². The fourth-order valence-corrected chi connectivity index (χ4v) is 5.18. The monoisotopic (exact) mass is 476 g/mol. The minimum atomic E-state index is -3.94. The maximum Gasteiger partial charge on any atom is 0.270 e. The average molecular weight is 476 g/mol. The van der Waals surface area contributed by atoms with Gasteiger partial charge in [0.25, 0.3) is 17.5 Å². The van der Waals surface area contributed by atoms with E-state index in [-0.39, 0.29) is 47.9 Å². The van der Waals surface area contributed by atoms with Gasteiger partial charge in [-0.2, -0.15) is 4.31 Å². The summed E-state index contributed by atoms with van der Waals surface area (Å²) in [7, 11) is -3.94. The number of nitro benzene ring substituents is 1. The van der Waals surface area contributed by atoms with Gasteiger partial charge in [0.15, 0.2) is 0 Å². The van der Waals surface area contributed by atoms with Gasteiger partial charge in [-0.05, 0) is 24.3 Å². The summed E-state index contributed by atoms with van der Waals surface area (Å²) in [6.07, 6.45) is 0. The van der Waals surface area contributed by atoms with Crippen molar-refractivity contribution in [3.8, 4) is 0 Å². The molecule has 1 fully saturated rings. The highest BCUT2D eigenvalue weighted by Gasteiger charge is 2.39. The second kappa shape index (κ2) is 8.33. The zero-order valence-electron chi connectivity index (χ0n) is 17.0. The van der Waals surface area contributed by atoms with Gasteiger partial charge < -0.3 is 4.90 Å². The Hall–Kier alpha value is -3.71. The standard InChI is InChI=1S/C20H17FN4O7S/c21-13-2-1-3-15(10-13)33(31,32)23-8-6-22(7-9-23)18(26)12-24-19(27)16-5-4-14(25(29)30)11-17(16)20(24)28/h1-5,10-11H,6-9,12H2. The molecule has 4 rings (SSSR count). The summed E-state index contributed by atoms with van der Waals surface area (Å²) in [4.78, 5) is 49.9. The Kier molecular flexibility index (Phi) is 5.68. The van der Waals surface area contributed by atoms with E-state index in [1.54, 1.807) is 0 Å². The maximum atomic E-state index is 13.4. The van der Waals surface area contributed by atoms with E-state index in [2.05, 4.69) is 0 Å². The lowest BCUT2D eigenvalue weighted by Crippen LogP contribution is -2.53. The van der Waals surface area contributed by atoms with Crippen LogP contribution >= 0.6 is 0 Å². The number of benzene rings is 2. The highest BCUT2D eigenvalue weighted by Crippen LogP contribution is 2.27. The first-order valence-corrected chi connectivity index (χ1v) is 11.2. The first-order valence-electron chi connectivity index (χ1n) is 9.78. The van der Waals surface area contributed by atoms with Gasteiger partial charge in [0, 0.05) is 38.3 Å². The molecule has 2 aromatic rings. The molecule has 2 aromatic carbocycles. The smallest absolute Gasteiger partial charge is 0.270 e. The second-order valence-electron chi connectivity index (χ2n) is 7.43. The molecular weight excluding hydrogens is 459 g/mol. The van der Waals surface area contributed by atoms with Crippen LogP contribution in [0.25, 0.3) is 0 Å². The van der Waals surface area contributed by atoms with E-state index in [0.29, 0.717) is 4.90 Å². The molecule has 0 saturated carbocycles. The number of rotatable bonds is 5. The molecule has 13 heteroatoms. The highest BCUT2D eigenvalue weighted by molar-refractivity contribution is 7.89. The lowest BCUT2D eigenvalue weighted by Gasteiger charge is -2.34. The Morgan fingerprint density at radius 1 is 1.00 bits per heavy atom. The number of piperazine rings is 1. The number of carbonyl (C=O) groups is 3. The molecule has 0 N–H and O–H groups in total. The van der Waals surface area contributed by atoms with E-state index >= 15 is 0 Å². The summed E-state index contributed by atoms with van der Waals surface area (Å²) < 4.78 is 39.9. The number of halogens is 1. The third-order valence-electron chi connectivity index (χ3n) is 5.48. The van der Waals surface area contributed by atoms with Crippen LogP contribution in [0, 0.1) is 15.9 Å². The Morgan fingerprint density at radius 3 is 2.30 bits per heavy atom. The summed E-state index contributed by atoms with van der Waals surface area (Å²) in [5, 5.41) is 10.9. The van der Waals surface area contributed by atoms with E-state index in [0.717, 1.165) is 28.6 Å². The Bertz CT molecular complexity index is 1290. The van der Waals surface area contributed by atoms with Crippen molar-refractivity contribution in [2.45, 2.75) is 4.90 Å². The third kappa shape index (κ3) is 4.07. The van der Waals surface area contributed by atoms with Gasteiger partial charge in [-0.15, -0.1) is 0 Å². The Labute approximate surface area is 187 Å². The van der Waals surface area contributed by atoms with Gasteiger partial charge in [-0.25, -0.2) is 12.8 Å². The molecule has 0 bridgehead atoms. The molecule has 0 spiro atoms. The summed E-state index contributed by atoms with van der Waals surface area (Å²) in [5.41, 5.74) is -0.517. The zero-order valence-corrected chi connectivity index (χ0v) is 17.8. The average Bonchev–Trinajstić information content (AvgIpc) is 3.03. The lowest BCUT2D eigenvalue weighted by molar-refractivity contribution is -0.384. The molecular formula is C20H17FN4O7S. The lowest BCUT2D eigenvalue weighted by atomic mass is 10.1. The van der Waals surface area contributed by atoms with Gasteiger partial charge in [-0.1, -0.05) is 6.07 Å². The molecule has 0 aliphatic carbocycles. The molecule has 0 radical (unpaired) electrons. The molecule has 11 nitrogen and oxygen atoms in total. The van der Waals surface area contributed by atoms with Crippen LogP contribution < -0.4 is 0 Å². The fourth-order valence-electron chi connectivity index (χ4n) is 3.73. The quantitative estimate of drug-likeness (QED) is 0.354. The van der Waals surface area contributed by atoms with Gasteiger partial charge in [0.2, 0.25) is 15.9 Å². The fraction of sp³-hybridized carbons (Fsp3) is 0.250. The summed E-state index contributed by atoms with van der Waals surface area (Å²) in [6.45, 7) is -0.626. The van der Waals surface area contributed by atoms with E-state index in [4.69, 9.17) is 0 Å². The zero-order chi connectivity index (χ0) is 23.9. The molecule has 3 amide bonds. The van der Waals surface area contributed by atoms with Crippen LogP contribution in [-0.2, 0) is 14.8 Å². The molecule has 0 unspecified atom stereocenters. The van der Waals surface area contributed by atoms with Crippen LogP contribution in [0.5, 0.6) is 0 Å². The normalized spacial score (nSPS) is 16.8. The number of nitrogens with zero attached hydrogens (tertiary/aromatic N) is 4. The molecule has 0 atom stereocenters. The van der Waals surface area contributed by atoms with E-state index in [1.807, 2.05) is 0 Å². The van der Waals surface area contributed by atoms with Crippen molar-refractivity contribution in [1.82, 2.24) is 14.1 Å². The summed E-state index contributed by atoms with van der Waals surface area (Å²) in [6, 6.07) is 7.89. The van der Waals surface area contributed by atoms with Gasteiger partial charge in [0.1, 0.15) is 12.4 Å².